The van der Waals surface area contributed by atoms with E-state index in [9.17, 15) is 9.90 Å². The molecule has 6 heteroatoms. The first kappa shape index (κ1) is 20.0. The first-order chi connectivity index (χ1) is 14.1. The van der Waals surface area contributed by atoms with Gasteiger partial charge in [0.1, 0.15) is 0 Å². The number of hydrogen-bond acceptors (Lipinski definition) is 5. The van der Waals surface area contributed by atoms with Crippen molar-refractivity contribution in [2.24, 2.45) is 5.92 Å². The highest BCUT2D eigenvalue weighted by molar-refractivity contribution is 5.95. The lowest BCUT2D eigenvalue weighted by Gasteiger charge is -2.30. The number of rotatable bonds is 7. The van der Waals surface area contributed by atoms with Crippen LogP contribution < -0.4 is 10.6 Å². The lowest BCUT2D eigenvalue weighted by Crippen LogP contribution is -2.43. The Morgan fingerprint density at radius 3 is 2.90 bits per heavy atom. The number of carbonyl (C=O) groups excluding carboxylic acids is 1. The fourth-order valence-electron chi connectivity index (χ4n) is 4.09. The molecule has 1 atom stereocenters. The topological polar surface area (TPSA) is 77.5 Å². The molecule has 6 nitrogen and oxygen atoms in total. The Labute approximate surface area is 172 Å². The smallest absolute Gasteiger partial charge is 0.251 e. The van der Waals surface area contributed by atoms with Gasteiger partial charge < -0.3 is 15.7 Å². The van der Waals surface area contributed by atoms with Crippen molar-refractivity contribution in [3.63, 3.8) is 0 Å². The molecule has 1 fully saturated rings. The van der Waals surface area contributed by atoms with Crippen LogP contribution in [0.4, 0.5) is 0 Å². The van der Waals surface area contributed by atoms with E-state index in [0.29, 0.717) is 18.0 Å². The summed E-state index contributed by atoms with van der Waals surface area (Å²) in [6, 6.07) is 10.4. The molecule has 0 spiro atoms. The predicted molar refractivity (Wildman–Crippen MR) is 113 cm³/mol. The number of carbonyl (C=O) groups is 1. The Kier molecular flexibility index (Phi) is 6.23. The van der Waals surface area contributed by atoms with E-state index in [4.69, 9.17) is 0 Å². The van der Waals surface area contributed by atoms with E-state index < -0.39 is 6.10 Å². The number of β-amino-alcohol motifs (C(OH)–C–C–N with tert-alkyl or cyclic N) is 1. The fourth-order valence-corrected chi connectivity index (χ4v) is 4.09. The van der Waals surface area contributed by atoms with Gasteiger partial charge in [-0.1, -0.05) is 24.3 Å². The molecule has 1 saturated heterocycles. The maximum Gasteiger partial charge on any atom is 0.251 e. The number of amides is 1. The first-order valence-electron chi connectivity index (χ1n) is 10.5. The molecule has 154 valence electrons. The zero-order chi connectivity index (χ0) is 20.2. The summed E-state index contributed by atoms with van der Waals surface area (Å²) in [5.74, 6) is 0.471. The molecule has 0 saturated carbocycles. The molecule has 29 heavy (non-hydrogen) atoms. The van der Waals surface area contributed by atoms with Crippen LogP contribution in [0.5, 0.6) is 0 Å². The van der Waals surface area contributed by atoms with Crippen LogP contribution in [0.15, 0.2) is 36.5 Å². The van der Waals surface area contributed by atoms with Gasteiger partial charge in [0.25, 0.3) is 5.91 Å². The van der Waals surface area contributed by atoms with Crippen LogP contribution in [0.25, 0.3) is 0 Å². The molecule has 2 aromatic rings. The summed E-state index contributed by atoms with van der Waals surface area (Å²) in [6.07, 6.45) is 3.09. The molecular formula is C23H30N4O2. The van der Waals surface area contributed by atoms with Crippen molar-refractivity contribution in [3.8, 4) is 0 Å². The molecule has 1 aromatic heterocycles. The summed E-state index contributed by atoms with van der Waals surface area (Å²) in [5, 5.41) is 16.6. The SMILES string of the molecule is Cc1cnc(CC2CNC2)cc1C(=O)NC[C@H](O)CN1CCc2ccccc2C1. The number of fused-ring (bicyclic) bond motifs is 1. The van der Waals surface area contributed by atoms with E-state index in [2.05, 4.69) is 44.8 Å². The Balaban J connectivity index is 1.28. The lowest BCUT2D eigenvalue weighted by atomic mass is 9.96. The Hall–Kier alpha value is -2.28. The molecule has 0 unspecified atom stereocenters. The largest absolute Gasteiger partial charge is 0.390 e. The van der Waals surface area contributed by atoms with Crippen LogP contribution >= 0.6 is 0 Å². The zero-order valence-electron chi connectivity index (χ0n) is 17.0. The first-order valence-corrected chi connectivity index (χ1v) is 10.5. The van der Waals surface area contributed by atoms with Gasteiger partial charge >= 0.3 is 0 Å². The minimum absolute atomic E-state index is 0.138. The highest BCUT2D eigenvalue weighted by Crippen LogP contribution is 2.18. The van der Waals surface area contributed by atoms with Crippen molar-refractivity contribution < 1.29 is 9.90 Å². The number of aliphatic hydroxyl groups excluding tert-OH is 1. The van der Waals surface area contributed by atoms with Crippen LogP contribution in [-0.2, 0) is 19.4 Å². The number of nitrogens with one attached hydrogen (secondary N) is 2. The van der Waals surface area contributed by atoms with Gasteiger partial charge in [0.2, 0.25) is 0 Å². The number of aliphatic hydroxyl groups is 1. The van der Waals surface area contributed by atoms with Gasteiger partial charge in [-0.25, -0.2) is 0 Å². The molecule has 1 aromatic carbocycles. The Morgan fingerprint density at radius 2 is 2.14 bits per heavy atom. The zero-order valence-corrected chi connectivity index (χ0v) is 17.0. The van der Waals surface area contributed by atoms with E-state index in [0.717, 1.165) is 50.3 Å². The molecule has 3 heterocycles. The van der Waals surface area contributed by atoms with Gasteiger partial charge in [0, 0.05) is 43.6 Å². The average Bonchev–Trinajstić information content (AvgIpc) is 2.70. The van der Waals surface area contributed by atoms with Crippen molar-refractivity contribution in [2.45, 2.75) is 32.4 Å². The normalized spacial score (nSPS) is 18.0. The van der Waals surface area contributed by atoms with Crippen molar-refractivity contribution in [1.82, 2.24) is 20.5 Å². The lowest BCUT2D eigenvalue weighted by molar-refractivity contribution is 0.0841. The van der Waals surface area contributed by atoms with Crippen molar-refractivity contribution >= 4 is 5.91 Å². The number of aromatic nitrogens is 1. The molecule has 0 radical (unpaired) electrons. The highest BCUT2D eigenvalue weighted by Gasteiger charge is 2.21. The molecule has 0 aliphatic carbocycles. The van der Waals surface area contributed by atoms with E-state index in [-0.39, 0.29) is 12.5 Å². The van der Waals surface area contributed by atoms with Crippen LogP contribution in [0.2, 0.25) is 0 Å². The van der Waals surface area contributed by atoms with Crippen molar-refractivity contribution in [3.05, 3.63) is 64.5 Å². The second-order valence-corrected chi connectivity index (χ2v) is 8.34. The summed E-state index contributed by atoms with van der Waals surface area (Å²) in [4.78, 5) is 19.4. The number of aryl methyl sites for hydroxylation is 1. The van der Waals surface area contributed by atoms with Gasteiger partial charge in [-0.2, -0.15) is 0 Å². The summed E-state index contributed by atoms with van der Waals surface area (Å²) in [7, 11) is 0. The summed E-state index contributed by atoms with van der Waals surface area (Å²) in [6.45, 7) is 6.53. The van der Waals surface area contributed by atoms with Gasteiger partial charge in [0.05, 0.1) is 6.10 Å². The third-order valence-electron chi connectivity index (χ3n) is 5.95. The third-order valence-corrected chi connectivity index (χ3v) is 5.95. The molecule has 3 N–H and O–H groups in total. The molecule has 2 aliphatic rings. The van der Waals surface area contributed by atoms with E-state index >= 15 is 0 Å². The standard InChI is InChI=1S/C23H30N4O2/c1-16-10-25-20(8-17-11-24-12-17)9-22(16)23(29)26-13-21(28)15-27-7-6-18-4-2-3-5-19(18)14-27/h2-5,9-10,17,21,24,28H,6-8,11-15H2,1H3,(H,26,29)/t21-/m0/s1. The second kappa shape index (κ2) is 9.03. The van der Waals surface area contributed by atoms with E-state index in [1.54, 1.807) is 6.20 Å². The minimum atomic E-state index is -0.591. The minimum Gasteiger partial charge on any atom is -0.390 e. The highest BCUT2D eigenvalue weighted by atomic mass is 16.3. The molecule has 0 bridgehead atoms. The Bertz CT molecular complexity index is 866. The van der Waals surface area contributed by atoms with Gasteiger partial charge in [-0.05, 0) is 61.5 Å². The number of nitrogens with zero attached hydrogens (tertiary/aromatic N) is 2. The fraction of sp³-hybridized carbons (Fsp3) is 0.478. The molecule has 2 aliphatic heterocycles. The maximum absolute atomic E-state index is 12.7. The summed E-state index contributed by atoms with van der Waals surface area (Å²) < 4.78 is 0. The third kappa shape index (κ3) is 5.01. The van der Waals surface area contributed by atoms with E-state index in [1.165, 1.54) is 11.1 Å². The van der Waals surface area contributed by atoms with Gasteiger partial charge in [0.15, 0.2) is 0 Å². The molecule has 1 amide bonds. The molecule has 4 rings (SSSR count). The van der Waals surface area contributed by atoms with Crippen molar-refractivity contribution in [1.29, 1.82) is 0 Å². The number of hydrogen-bond donors (Lipinski definition) is 3. The molecular weight excluding hydrogens is 364 g/mol. The van der Waals surface area contributed by atoms with Crippen LogP contribution in [-0.4, -0.2) is 59.7 Å². The quantitative estimate of drug-likeness (QED) is 0.660. The average molecular weight is 395 g/mol. The van der Waals surface area contributed by atoms with Gasteiger partial charge in [-0.15, -0.1) is 0 Å². The maximum atomic E-state index is 12.7. The van der Waals surface area contributed by atoms with Crippen LogP contribution in [0.1, 0.15) is 32.7 Å². The van der Waals surface area contributed by atoms with Crippen LogP contribution in [0.3, 0.4) is 0 Å². The van der Waals surface area contributed by atoms with Crippen LogP contribution in [0, 0.1) is 12.8 Å². The second-order valence-electron chi connectivity index (χ2n) is 8.34. The van der Waals surface area contributed by atoms with E-state index in [1.807, 2.05) is 13.0 Å². The predicted octanol–water partition coefficient (Wildman–Crippen LogP) is 1.30. The number of pyridine rings is 1. The monoisotopic (exact) mass is 394 g/mol. The van der Waals surface area contributed by atoms with Gasteiger partial charge in [-0.3, -0.25) is 14.7 Å². The summed E-state index contributed by atoms with van der Waals surface area (Å²) >= 11 is 0. The Morgan fingerprint density at radius 1 is 1.34 bits per heavy atom. The van der Waals surface area contributed by atoms with Crippen molar-refractivity contribution in [2.75, 3.05) is 32.7 Å². The summed E-state index contributed by atoms with van der Waals surface area (Å²) in [5.41, 5.74) is 5.20. The number of benzene rings is 1.